The lowest BCUT2D eigenvalue weighted by Gasteiger charge is -2.23. The van der Waals surface area contributed by atoms with Crippen LogP contribution < -0.4 is 5.32 Å². The molecule has 1 amide bonds. The summed E-state index contributed by atoms with van der Waals surface area (Å²) in [5.41, 5.74) is 3.83. The molecule has 2 atom stereocenters. The van der Waals surface area contributed by atoms with E-state index in [1.807, 2.05) is 0 Å². The van der Waals surface area contributed by atoms with Crippen molar-refractivity contribution < 1.29 is 4.79 Å². The number of nitrogens with zero attached hydrogens (tertiary/aromatic N) is 1. The fraction of sp³-hybridized carbons (Fsp3) is 0.640. The van der Waals surface area contributed by atoms with Crippen LogP contribution in [0.1, 0.15) is 77.8 Å². The Kier molecular flexibility index (Phi) is 9.22. The minimum atomic E-state index is 0.167. The molecule has 0 aliphatic carbocycles. The lowest BCUT2D eigenvalue weighted by atomic mass is 9.85. The van der Waals surface area contributed by atoms with Gasteiger partial charge < -0.3 is 15.2 Å². The molecule has 162 valence electrons. The predicted octanol–water partition coefficient (Wildman–Crippen LogP) is 5.49. The summed E-state index contributed by atoms with van der Waals surface area (Å²) < 4.78 is 0. The summed E-state index contributed by atoms with van der Waals surface area (Å²) in [4.78, 5) is 18.7. The van der Waals surface area contributed by atoms with E-state index < -0.39 is 0 Å². The zero-order valence-electron chi connectivity index (χ0n) is 19.3. The van der Waals surface area contributed by atoms with Gasteiger partial charge in [-0.05, 0) is 68.8 Å². The molecule has 2 unspecified atom stereocenters. The van der Waals surface area contributed by atoms with Crippen molar-refractivity contribution in [3.63, 3.8) is 0 Å². The number of carbonyl (C=O) groups is 1. The third-order valence-electron chi connectivity index (χ3n) is 6.24. The summed E-state index contributed by atoms with van der Waals surface area (Å²) in [5, 5.41) is 4.51. The number of carbonyl (C=O) groups excluding carboxylic acids is 1. The summed E-state index contributed by atoms with van der Waals surface area (Å²) >= 11 is 0. The summed E-state index contributed by atoms with van der Waals surface area (Å²) in [6, 6.07) is 6.72. The first-order valence-electron chi connectivity index (χ1n) is 11.5. The molecular weight excluding hydrogens is 358 g/mol. The van der Waals surface area contributed by atoms with Crippen molar-refractivity contribution >= 4 is 16.8 Å². The number of H-pyrrole nitrogens is 1. The first kappa shape index (κ1) is 23.5. The standard InChI is InChI=1S/C25H41N3O/c1-7-20-13-10-14-21-23(17-26-25(20)21)22(18(4)5)16-24(29)27-19(6)12-11-15-28(8-2)9-3/h10,13-14,17-19,22,26H,7-9,11-12,15-16H2,1-6H3,(H,27,29). The van der Waals surface area contributed by atoms with Gasteiger partial charge in [-0.1, -0.05) is 52.8 Å². The molecule has 2 rings (SSSR count). The fourth-order valence-electron chi connectivity index (χ4n) is 4.31. The third kappa shape index (κ3) is 6.33. The smallest absolute Gasteiger partial charge is 0.220 e. The third-order valence-corrected chi connectivity index (χ3v) is 6.24. The molecule has 1 aromatic carbocycles. The summed E-state index contributed by atoms with van der Waals surface area (Å²) in [6.07, 6.45) is 5.83. The Morgan fingerprint density at radius 1 is 1.14 bits per heavy atom. The van der Waals surface area contributed by atoms with Crippen LogP contribution in [-0.2, 0) is 11.2 Å². The Morgan fingerprint density at radius 2 is 1.86 bits per heavy atom. The molecule has 0 aliphatic heterocycles. The number of rotatable bonds is 12. The van der Waals surface area contributed by atoms with Gasteiger partial charge in [0.05, 0.1) is 0 Å². The van der Waals surface area contributed by atoms with Gasteiger partial charge in [0.25, 0.3) is 0 Å². The number of fused-ring (bicyclic) bond motifs is 1. The van der Waals surface area contributed by atoms with Gasteiger partial charge in [-0.2, -0.15) is 0 Å². The van der Waals surface area contributed by atoms with Crippen LogP contribution in [0.15, 0.2) is 24.4 Å². The number of aryl methyl sites for hydroxylation is 1. The van der Waals surface area contributed by atoms with E-state index in [0.29, 0.717) is 12.3 Å². The molecule has 0 fully saturated rings. The highest BCUT2D eigenvalue weighted by atomic mass is 16.1. The largest absolute Gasteiger partial charge is 0.361 e. The number of amides is 1. The molecule has 0 saturated heterocycles. The summed E-state index contributed by atoms with van der Waals surface area (Å²) in [7, 11) is 0. The molecule has 4 heteroatoms. The van der Waals surface area contributed by atoms with Crippen LogP contribution in [0.4, 0.5) is 0 Å². The minimum Gasteiger partial charge on any atom is -0.361 e. The second-order valence-corrected chi connectivity index (χ2v) is 8.63. The molecule has 4 nitrogen and oxygen atoms in total. The molecule has 0 spiro atoms. The van der Waals surface area contributed by atoms with Crippen molar-refractivity contribution in [1.29, 1.82) is 0 Å². The van der Waals surface area contributed by atoms with Gasteiger partial charge in [-0.15, -0.1) is 0 Å². The van der Waals surface area contributed by atoms with Gasteiger partial charge in [0.2, 0.25) is 5.91 Å². The summed E-state index contributed by atoms with van der Waals surface area (Å²) in [5.74, 6) is 0.793. The van der Waals surface area contributed by atoms with Crippen LogP contribution in [0.3, 0.4) is 0 Å². The average Bonchev–Trinajstić information content (AvgIpc) is 3.13. The monoisotopic (exact) mass is 399 g/mol. The number of hydrogen-bond donors (Lipinski definition) is 2. The van der Waals surface area contributed by atoms with Gasteiger partial charge in [-0.25, -0.2) is 0 Å². The van der Waals surface area contributed by atoms with Gasteiger partial charge in [0, 0.05) is 29.6 Å². The highest BCUT2D eigenvalue weighted by Crippen LogP contribution is 2.34. The molecular formula is C25H41N3O. The Morgan fingerprint density at radius 3 is 2.48 bits per heavy atom. The number of aromatic nitrogens is 1. The second kappa shape index (κ2) is 11.4. The van der Waals surface area contributed by atoms with E-state index in [1.54, 1.807) is 0 Å². The van der Waals surface area contributed by atoms with Crippen LogP contribution in [0.25, 0.3) is 10.9 Å². The number of nitrogens with one attached hydrogen (secondary N) is 2. The molecule has 2 aromatic rings. The summed E-state index contributed by atoms with van der Waals surface area (Å²) in [6.45, 7) is 16.5. The normalized spacial score (nSPS) is 13.9. The Balaban J connectivity index is 1.99. The number of hydrogen-bond acceptors (Lipinski definition) is 2. The predicted molar refractivity (Wildman–Crippen MR) is 124 cm³/mol. The van der Waals surface area contributed by atoms with Crippen molar-refractivity contribution in [3.05, 3.63) is 35.5 Å². The second-order valence-electron chi connectivity index (χ2n) is 8.63. The quantitative estimate of drug-likeness (QED) is 0.496. The zero-order chi connectivity index (χ0) is 21.4. The van der Waals surface area contributed by atoms with Crippen LogP contribution >= 0.6 is 0 Å². The molecule has 0 radical (unpaired) electrons. The first-order chi connectivity index (χ1) is 13.9. The van der Waals surface area contributed by atoms with Crippen LogP contribution in [0.5, 0.6) is 0 Å². The molecule has 1 heterocycles. The van der Waals surface area contributed by atoms with Gasteiger partial charge in [-0.3, -0.25) is 4.79 Å². The van der Waals surface area contributed by atoms with E-state index in [2.05, 4.69) is 81.1 Å². The van der Waals surface area contributed by atoms with Crippen LogP contribution in [0, 0.1) is 5.92 Å². The number of para-hydroxylation sites is 1. The van der Waals surface area contributed by atoms with E-state index in [1.165, 1.54) is 22.0 Å². The Hall–Kier alpha value is -1.81. The van der Waals surface area contributed by atoms with E-state index in [0.717, 1.165) is 38.9 Å². The zero-order valence-corrected chi connectivity index (χ0v) is 19.3. The van der Waals surface area contributed by atoms with Crippen molar-refractivity contribution in [1.82, 2.24) is 15.2 Å². The molecule has 1 aromatic heterocycles. The van der Waals surface area contributed by atoms with Crippen LogP contribution in [0.2, 0.25) is 0 Å². The molecule has 0 saturated carbocycles. The van der Waals surface area contributed by atoms with Crippen molar-refractivity contribution in [2.24, 2.45) is 5.92 Å². The maximum Gasteiger partial charge on any atom is 0.220 e. The molecule has 0 aliphatic rings. The van der Waals surface area contributed by atoms with Crippen molar-refractivity contribution in [2.75, 3.05) is 19.6 Å². The SMILES string of the molecule is CCc1cccc2c(C(CC(=O)NC(C)CCCN(CC)CC)C(C)C)c[nH]c12. The Bertz CT molecular complexity index is 761. The van der Waals surface area contributed by atoms with E-state index in [4.69, 9.17) is 0 Å². The molecule has 2 N–H and O–H groups in total. The maximum atomic E-state index is 12.8. The minimum absolute atomic E-state index is 0.167. The molecule has 29 heavy (non-hydrogen) atoms. The van der Waals surface area contributed by atoms with Gasteiger partial charge in [0.1, 0.15) is 0 Å². The fourth-order valence-corrected chi connectivity index (χ4v) is 4.31. The van der Waals surface area contributed by atoms with Gasteiger partial charge >= 0.3 is 0 Å². The highest BCUT2D eigenvalue weighted by Gasteiger charge is 2.23. The number of aromatic amines is 1. The van der Waals surface area contributed by atoms with E-state index in [-0.39, 0.29) is 17.9 Å². The van der Waals surface area contributed by atoms with E-state index >= 15 is 0 Å². The number of benzene rings is 1. The first-order valence-corrected chi connectivity index (χ1v) is 11.5. The Labute approximate surface area is 177 Å². The van der Waals surface area contributed by atoms with Crippen molar-refractivity contribution in [3.8, 4) is 0 Å². The topological polar surface area (TPSA) is 48.1 Å². The highest BCUT2D eigenvalue weighted by molar-refractivity contribution is 5.87. The van der Waals surface area contributed by atoms with Crippen molar-refractivity contribution in [2.45, 2.75) is 79.2 Å². The lowest BCUT2D eigenvalue weighted by molar-refractivity contribution is -0.122. The maximum absolute atomic E-state index is 12.8. The molecule has 0 bridgehead atoms. The van der Waals surface area contributed by atoms with Gasteiger partial charge in [0.15, 0.2) is 0 Å². The lowest BCUT2D eigenvalue weighted by Crippen LogP contribution is -2.34. The van der Waals surface area contributed by atoms with Crippen LogP contribution in [-0.4, -0.2) is 41.5 Å². The van der Waals surface area contributed by atoms with E-state index in [9.17, 15) is 4.79 Å². The average molecular weight is 400 g/mol.